The highest BCUT2D eigenvalue weighted by Crippen LogP contribution is 1.97. The standard InChI is InChI=1S/C7H6N2O2S/c1-2-3-4-11-7(10)6-5-8-12-9-6/h5H,4H2,1H3. The molecular weight excluding hydrogens is 176 g/mol. The van der Waals surface area contributed by atoms with E-state index in [4.69, 9.17) is 4.74 Å². The minimum absolute atomic E-state index is 0.104. The second kappa shape index (κ2) is 4.46. The van der Waals surface area contributed by atoms with Crippen molar-refractivity contribution < 1.29 is 9.53 Å². The highest BCUT2D eigenvalue weighted by atomic mass is 32.1. The number of rotatable bonds is 2. The van der Waals surface area contributed by atoms with E-state index in [0.717, 1.165) is 11.7 Å². The van der Waals surface area contributed by atoms with Crippen LogP contribution in [0.15, 0.2) is 6.20 Å². The van der Waals surface area contributed by atoms with Crippen LogP contribution in [0.3, 0.4) is 0 Å². The molecule has 1 aromatic rings. The van der Waals surface area contributed by atoms with E-state index in [-0.39, 0.29) is 12.3 Å². The Morgan fingerprint density at radius 2 is 2.67 bits per heavy atom. The predicted octanol–water partition coefficient (Wildman–Crippen LogP) is 0.718. The van der Waals surface area contributed by atoms with Crippen LogP contribution in [0, 0.1) is 11.8 Å². The largest absolute Gasteiger partial charge is 0.448 e. The molecule has 0 bridgehead atoms. The molecule has 62 valence electrons. The third-order valence-electron chi connectivity index (χ3n) is 1.02. The average Bonchev–Trinajstić information content (AvgIpc) is 2.56. The number of ether oxygens (including phenoxy) is 1. The monoisotopic (exact) mass is 182 g/mol. The van der Waals surface area contributed by atoms with Crippen molar-refractivity contribution in [2.45, 2.75) is 6.92 Å². The maximum absolute atomic E-state index is 11.0. The van der Waals surface area contributed by atoms with Gasteiger partial charge in [-0.25, -0.2) is 4.79 Å². The first kappa shape index (κ1) is 8.68. The van der Waals surface area contributed by atoms with Gasteiger partial charge in [0.1, 0.15) is 0 Å². The number of aromatic nitrogens is 2. The summed E-state index contributed by atoms with van der Waals surface area (Å²) in [6, 6.07) is 0. The summed E-state index contributed by atoms with van der Waals surface area (Å²) in [5, 5.41) is 0. The van der Waals surface area contributed by atoms with Gasteiger partial charge in [0.2, 0.25) is 0 Å². The minimum Gasteiger partial charge on any atom is -0.448 e. The Hall–Kier alpha value is -1.41. The first-order chi connectivity index (χ1) is 5.84. The summed E-state index contributed by atoms with van der Waals surface area (Å²) >= 11 is 0.970. The van der Waals surface area contributed by atoms with Gasteiger partial charge in [-0.15, -0.1) is 5.92 Å². The Labute approximate surface area is 73.9 Å². The van der Waals surface area contributed by atoms with Gasteiger partial charge in [-0.3, -0.25) is 0 Å². The van der Waals surface area contributed by atoms with Crippen molar-refractivity contribution in [3.63, 3.8) is 0 Å². The first-order valence-corrected chi connectivity index (χ1v) is 3.92. The molecule has 0 aliphatic rings. The van der Waals surface area contributed by atoms with Gasteiger partial charge in [0.15, 0.2) is 12.3 Å². The quantitative estimate of drug-likeness (QED) is 0.499. The Balaban J connectivity index is 2.43. The molecule has 0 aliphatic heterocycles. The lowest BCUT2D eigenvalue weighted by Gasteiger charge is -1.94. The maximum Gasteiger partial charge on any atom is 0.360 e. The Kier molecular flexibility index (Phi) is 3.23. The molecule has 0 unspecified atom stereocenters. The molecule has 5 heteroatoms. The number of esters is 1. The van der Waals surface area contributed by atoms with Crippen LogP contribution in [-0.2, 0) is 4.74 Å². The fraction of sp³-hybridized carbons (Fsp3) is 0.286. The minimum atomic E-state index is -0.480. The second-order valence-electron chi connectivity index (χ2n) is 1.80. The smallest absolute Gasteiger partial charge is 0.360 e. The molecule has 0 fully saturated rings. The molecule has 0 atom stereocenters. The number of carbonyl (C=O) groups is 1. The van der Waals surface area contributed by atoms with Gasteiger partial charge in [-0.05, 0) is 6.92 Å². The summed E-state index contributed by atoms with van der Waals surface area (Å²) in [6.45, 7) is 1.78. The predicted molar refractivity (Wildman–Crippen MR) is 43.6 cm³/mol. The van der Waals surface area contributed by atoms with Gasteiger partial charge in [0, 0.05) is 0 Å². The topological polar surface area (TPSA) is 52.1 Å². The summed E-state index contributed by atoms with van der Waals surface area (Å²) in [5.41, 5.74) is 0.234. The number of carbonyl (C=O) groups excluding carboxylic acids is 1. The zero-order valence-electron chi connectivity index (χ0n) is 6.40. The van der Waals surface area contributed by atoms with Gasteiger partial charge in [-0.1, -0.05) is 5.92 Å². The van der Waals surface area contributed by atoms with E-state index in [1.807, 2.05) is 0 Å². The van der Waals surface area contributed by atoms with E-state index in [2.05, 4.69) is 20.6 Å². The molecule has 0 aromatic carbocycles. The first-order valence-electron chi connectivity index (χ1n) is 3.19. The van der Waals surface area contributed by atoms with Crippen LogP contribution in [0.25, 0.3) is 0 Å². The normalized spacial score (nSPS) is 8.42. The van der Waals surface area contributed by atoms with Crippen LogP contribution >= 0.6 is 11.7 Å². The molecule has 0 aliphatic carbocycles. The van der Waals surface area contributed by atoms with Crippen LogP contribution in [0.4, 0.5) is 0 Å². The van der Waals surface area contributed by atoms with Crippen LogP contribution in [0.2, 0.25) is 0 Å². The molecule has 0 amide bonds. The van der Waals surface area contributed by atoms with Gasteiger partial charge < -0.3 is 4.74 Å². The molecular formula is C7H6N2O2S. The lowest BCUT2D eigenvalue weighted by molar-refractivity contribution is 0.0551. The molecule has 1 rings (SSSR count). The Morgan fingerprint density at radius 3 is 3.25 bits per heavy atom. The summed E-state index contributed by atoms with van der Waals surface area (Å²) in [4.78, 5) is 11.0. The van der Waals surface area contributed by atoms with Crippen molar-refractivity contribution in [2.75, 3.05) is 6.61 Å². The van der Waals surface area contributed by atoms with Gasteiger partial charge in [0.05, 0.1) is 17.9 Å². The van der Waals surface area contributed by atoms with Crippen molar-refractivity contribution >= 4 is 17.7 Å². The summed E-state index contributed by atoms with van der Waals surface area (Å²) < 4.78 is 12.1. The molecule has 0 saturated heterocycles. The van der Waals surface area contributed by atoms with Crippen molar-refractivity contribution in [2.24, 2.45) is 0 Å². The lowest BCUT2D eigenvalue weighted by atomic mass is 10.5. The van der Waals surface area contributed by atoms with Crippen molar-refractivity contribution in [1.82, 2.24) is 8.75 Å². The Bertz CT molecular complexity index is 310. The lowest BCUT2D eigenvalue weighted by Crippen LogP contribution is -2.05. The van der Waals surface area contributed by atoms with Crippen molar-refractivity contribution in [1.29, 1.82) is 0 Å². The van der Waals surface area contributed by atoms with E-state index in [1.165, 1.54) is 6.20 Å². The molecule has 12 heavy (non-hydrogen) atoms. The van der Waals surface area contributed by atoms with E-state index >= 15 is 0 Å². The van der Waals surface area contributed by atoms with E-state index in [1.54, 1.807) is 6.92 Å². The zero-order valence-corrected chi connectivity index (χ0v) is 7.22. The SMILES string of the molecule is CC#CCOC(=O)c1cnsn1. The van der Waals surface area contributed by atoms with Crippen LogP contribution in [0.5, 0.6) is 0 Å². The molecule has 0 N–H and O–H groups in total. The van der Waals surface area contributed by atoms with Crippen molar-refractivity contribution in [3.05, 3.63) is 11.9 Å². The van der Waals surface area contributed by atoms with E-state index < -0.39 is 5.97 Å². The molecule has 0 radical (unpaired) electrons. The second-order valence-corrected chi connectivity index (χ2v) is 2.35. The highest BCUT2D eigenvalue weighted by Gasteiger charge is 2.08. The number of hydrogen-bond donors (Lipinski definition) is 0. The number of hydrogen-bond acceptors (Lipinski definition) is 5. The summed E-state index contributed by atoms with van der Waals surface area (Å²) in [7, 11) is 0. The maximum atomic E-state index is 11.0. The van der Waals surface area contributed by atoms with Gasteiger partial charge >= 0.3 is 5.97 Å². The van der Waals surface area contributed by atoms with Crippen LogP contribution in [0.1, 0.15) is 17.4 Å². The molecule has 4 nitrogen and oxygen atoms in total. The van der Waals surface area contributed by atoms with Crippen LogP contribution in [-0.4, -0.2) is 21.3 Å². The molecule has 0 saturated carbocycles. The zero-order chi connectivity index (χ0) is 8.81. The van der Waals surface area contributed by atoms with E-state index in [9.17, 15) is 4.79 Å². The highest BCUT2D eigenvalue weighted by molar-refractivity contribution is 6.99. The molecule has 0 spiro atoms. The summed E-state index contributed by atoms with van der Waals surface area (Å²) in [6.07, 6.45) is 1.37. The Morgan fingerprint density at radius 1 is 1.83 bits per heavy atom. The average molecular weight is 182 g/mol. The number of nitrogens with zero attached hydrogens (tertiary/aromatic N) is 2. The fourth-order valence-corrected chi connectivity index (χ4v) is 0.906. The fourth-order valence-electron chi connectivity index (χ4n) is 0.502. The molecule has 1 aromatic heterocycles. The third-order valence-corrected chi connectivity index (χ3v) is 1.50. The van der Waals surface area contributed by atoms with E-state index in [0.29, 0.717) is 0 Å². The molecule has 1 heterocycles. The summed E-state index contributed by atoms with van der Waals surface area (Å²) in [5.74, 6) is 4.73. The van der Waals surface area contributed by atoms with Gasteiger partial charge in [0.25, 0.3) is 0 Å². The third kappa shape index (κ3) is 2.32. The van der Waals surface area contributed by atoms with Crippen LogP contribution < -0.4 is 0 Å². The van der Waals surface area contributed by atoms with Crippen molar-refractivity contribution in [3.8, 4) is 11.8 Å². The van der Waals surface area contributed by atoms with Gasteiger partial charge in [-0.2, -0.15) is 8.75 Å².